The second-order valence-corrected chi connectivity index (χ2v) is 3.67. The first-order valence-electron chi connectivity index (χ1n) is 4.89. The molecule has 2 nitrogen and oxygen atoms in total. The van der Waals surface area contributed by atoms with E-state index in [-0.39, 0.29) is 11.9 Å². The van der Waals surface area contributed by atoms with E-state index in [1.807, 2.05) is 6.92 Å². The van der Waals surface area contributed by atoms with E-state index >= 15 is 0 Å². The topological polar surface area (TPSA) is 21.3 Å². The second-order valence-electron chi connectivity index (χ2n) is 3.67. The zero-order valence-electron chi connectivity index (χ0n) is 8.22. The van der Waals surface area contributed by atoms with Gasteiger partial charge in [0.05, 0.1) is 0 Å². The second kappa shape index (κ2) is 3.96. The predicted octanol–water partition coefficient (Wildman–Crippen LogP) is 1.87. The molecule has 14 heavy (non-hydrogen) atoms. The molecule has 1 fully saturated rings. The van der Waals surface area contributed by atoms with E-state index in [9.17, 15) is 4.39 Å². The molecule has 1 aliphatic rings. The van der Waals surface area contributed by atoms with Crippen molar-refractivity contribution in [1.29, 1.82) is 0 Å². The van der Waals surface area contributed by atoms with Crippen molar-refractivity contribution in [3.05, 3.63) is 29.6 Å². The third-order valence-electron chi connectivity index (χ3n) is 2.40. The Labute approximate surface area is 83.1 Å². The lowest BCUT2D eigenvalue weighted by Gasteiger charge is -2.13. The predicted molar refractivity (Wildman–Crippen MR) is 53.0 cm³/mol. The van der Waals surface area contributed by atoms with Crippen LogP contribution in [0, 0.1) is 12.7 Å². The number of nitrogens with one attached hydrogen (secondary N) is 1. The van der Waals surface area contributed by atoms with Crippen LogP contribution in [0.1, 0.15) is 12.0 Å². The number of hydrogen-bond donors (Lipinski definition) is 1. The highest BCUT2D eigenvalue weighted by molar-refractivity contribution is 5.29. The van der Waals surface area contributed by atoms with Gasteiger partial charge < -0.3 is 10.1 Å². The number of rotatable bonds is 2. The lowest BCUT2D eigenvalue weighted by Crippen LogP contribution is -2.20. The summed E-state index contributed by atoms with van der Waals surface area (Å²) in [7, 11) is 0. The molecule has 1 N–H and O–H groups in total. The standard InChI is InChI=1S/C11H14FNO/c1-8-2-3-10(12)11(6-8)14-9-4-5-13-7-9/h2-3,6,9,13H,4-5,7H2,1H3/t9-/m0/s1. The molecule has 1 saturated heterocycles. The van der Waals surface area contributed by atoms with E-state index in [1.54, 1.807) is 12.1 Å². The minimum Gasteiger partial charge on any atom is -0.486 e. The number of hydrogen-bond acceptors (Lipinski definition) is 2. The van der Waals surface area contributed by atoms with Crippen molar-refractivity contribution in [3.8, 4) is 5.75 Å². The minimum atomic E-state index is -0.275. The van der Waals surface area contributed by atoms with Crippen LogP contribution in [0.4, 0.5) is 4.39 Å². The summed E-state index contributed by atoms with van der Waals surface area (Å²) >= 11 is 0. The third kappa shape index (κ3) is 2.04. The van der Waals surface area contributed by atoms with Gasteiger partial charge in [-0.3, -0.25) is 0 Å². The first-order valence-corrected chi connectivity index (χ1v) is 4.89. The molecule has 0 saturated carbocycles. The molecule has 1 aliphatic heterocycles. The lowest BCUT2D eigenvalue weighted by molar-refractivity contribution is 0.213. The molecule has 1 aromatic rings. The van der Waals surface area contributed by atoms with Crippen molar-refractivity contribution in [3.63, 3.8) is 0 Å². The molecule has 0 aliphatic carbocycles. The van der Waals surface area contributed by atoms with Gasteiger partial charge in [0.1, 0.15) is 6.10 Å². The van der Waals surface area contributed by atoms with Crippen LogP contribution < -0.4 is 10.1 Å². The summed E-state index contributed by atoms with van der Waals surface area (Å²) in [6, 6.07) is 4.94. The number of benzene rings is 1. The van der Waals surface area contributed by atoms with Crippen molar-refractivity contribution in [2.24, 2.45) is 0 Å². The summed E-state index contributed by atoms with van der Waals surface area (Å²) in [6.07, 6.45) is 1.07. The fourth-order valence-corrected chi connectivity index (χ4v) is 1.61. The molecule has 0 unspecified atom stereocenters. The Morgan fingerprint density at radius 3 is 3.07 bits per heavy atom. The van der Waals surface area contributed by atoms with Gasteiger partial charge in [-0.15, -0.1) is 0 Å². The van der Waals surface area contributed by atoms with Gasteiger partial charge in [0.15, 0.2) is 11.6 Å². The molecule has 0 aromatic heterocycles. The molecule has 3 heteroatoms. The van der Waals surface area contributed by atoms with Crippen LogP contribution in [0.2, 0.25) is 0 Å². The molecule has 0 amide bonds. The Balaban J connectivity index is 2.10. The van der Waals surface area contributed by atoms with E-state index in [4.69, 9.17) is 4.74 Å². The van der Waals surface area contributed by atoms with Crippen LogP contribution in [-0.2, 0) is 0 Å². The summed E-state index contributed by atoms with van der Waals surface area (Å²) < 4.78 is 18.8. The van der Waals surface area contributed by atoms with Crippen molar-refractivity contribution >= 4 is 0 Å². The van der Waals surface area contributed by atoms with Crippen LogP contribution in [0.15, 0.2) is 18.2 Å². The molecule has 2 rings (SSSR count). The van der Waals surface area contributed by atoms with Crippen molar-refractivity contribution in [2.45, 2.75) is 19.4 Å². The Hall–Kier alpha value is -1.09. The molecule has 1 aromatic carbocycles. The lowest BCUT2D eigenvalue weighted by atomic mass is 10.2. The Bertz CT molecular complexity index is 321. The van der Waals surface area contributed by atoms with Gasteiger partial charge in [-0.25, -0.2) is 4.39 Å². The number of ether oxygens (including phenoxy) is 1. The van der Waals surface area contributed by atoms with E-state index in [2.05, 4.69) is 5.32 Å². The normalized spacial score (nSPS) is 21.1. The van der Waals surface area contributed by atoms with Gasteiger partial charge in [-0.05, 0) is 37.6 Å². The average Bonchev–Trinajstić information content (AvgIpc) is 2.64. The number of aryl methyl sites for hydroxylation is 1. The number of halogens is 1. The van der Waals surface area contributed by atoms with Crippen molar-refractivity contribution < 1.29 is 9.13 Å². The molecule has 76 valence electrons. The Kier molecular flexibility index (Phi) is 2.68. The van der Waals surface area contributed by atoms with Gasteiger partial charge in [0, 0.05) is 6.54 Å². The largest absolute Gasteiger partial charge is 0.486 e. The van der Waals surface area contributed by atoms with Crippen molar-refractivity contribution in [1.82, 2.24) is 5.32 Å². The van der Waals surface area contributed by atoms with Crippen LogP contribution in [0.5, 0.6) is 5.75 Å². The summed E-state index contributed by atoms with van der Waals surface area (Å²) in [5.74, 6) is 0.0983. The highest BCUT2D eigenvalue weighted by Crippen LogP contribution is 2.20. The maximum absolute atomic E-state index is 13.3. The van der Waals surface area contributed by atoms with Crippen LogP contribution >= 0.6 is 0 Å². The maximum atomic E-state index is 13.3. The quantitative estimate of drug-likeness (QED) is 0.778. The zero-order chi connectivity index (χ0) is 9.97. The fourth-order valence-electron chi connectivity index (χ4n) is 1.61. The van der Waals surface area contributed by atoms with E-state index in [1.165, 1.54) is 6.07 Å². The maximum Gasteiger partial charge on any atom is 0.165 e. The highest BCUT2D eigenvalue weighted by Gasteiger charge is 2.17. The minimum absolute atomic E-state index is 0.117. The van der Waals surface area contributed by atoms with Gasteiger partial charge in [0.25, 0.3) is 0 Å². The van der Waals surface area contributed by atoms with Crippen LogP contribution in [0.3, 0.4) is 0 Å². The smallest absolute Gasteiger partial charge is 0.165 e. The SMILES string of the molecule is Cc1ccc(F)c(O[C@H]2CCNC2)c1. The molecular formula is C11H14FNO. The van der Waals surface area contributed by atoms with Crippen molar-refractivity contribution in [2.75, 3.05) is 13.1 Å². The van der Waals surface area contributed by atoms with E-state index in [0.717, 1.165) is 25.1 Å². The summed E-state index contributed by atoms with van der Waals surface area (Å²) in [5.41, 5.74) is 1.02. The molecule has 0 spiro atoms. The Morgan fingerprint density at radius 2 is 2.36 bits per heavy atom. The van der Waals surface area contributed by atoms with Crippen LogP contribution in [0.25, 0.3) is 0 Å². The highest BCUT2D eigenvalue weighted by atomic mass is 19.1. The van der Waals surface area contributed by atoms with Gasteiger partial charge in [-0.1, -0.05) is 6.07 Å². The van der Waals surface area contributed by atoms with E-state index < -0.39 is 0 Å². The summed E-state index contributed by atoms with van der Waals surface area (Å²) in [5, 5.41) is 3.18. The van der Waals surface area contributed by atoms with Gasteiger partial charge >= 0.3 is 0 Å². The molecule has 1 heterocycles. The average molecular weight is 195 g/mol. The monoisotopic (exact) mass is 195 g/mol. The molecule has 1 atom stereocenters. The van der Waals surface area contributed by atoms with Crippen LogP contribution in [-0.4, -0.2) is 19.2 Å². The van der Waals surface area contributed by atoms with Gasteiger partial charge in [0.2, 0.25) is 0 Å². The third-order valence-corrected chi connectivity index (χ3v) is 2.40. The zero-order valence-corrected chi connectivity index (χ0v) is 8.22. The van der Waals surface area contributed by atoms with E-state index in [0.29, 0.717) is 5.75 Å². The summed E-state index contributed by atoms with van der Waals surface area (Å²) in [6.45, 7) is 3.70. The fraction of sp³-hybridized carbons (Fsp3) is 0.455. The van der Waals surface area contributed by atoms with Gasteiger partial charge in [-0.2, -0.15) is 0 Å². The molecule has 0 bridgehead atoms. The molecular weight excluding hydrogens is 181 g/mol. The Morgan fingerprint density at radius 1 is 1.50 bits per heavy atom. The first-order chi connectivity index (χ1) is 6.75. The summed E-state index contributed by atoms with van der Waals surface area (Å²) in [4.78, 5) is 0. The molecule has 0 radical (unpaired) electrons. The first kappa shape index (κ1) is 9.46.